The van der Waals surface area contributed by atoms with Crippen LogP contribution in [0.2, 0.25) is 0 Å². The van der Waals surface area contributed by atoms with Crippen LogP contribution in [0.5, 0.6) is 0 Å². The van der Waals surface area contributed by atoms with E-state index in [-0.39, 0.29) is 34.1 Å². The van der Waals surface area contributed by atoms with Crippen molar-refractivity contribution in [3.05, 3.63) is 159 Å². The average molecular weight is 550 g/mol. The number of hydrogen-bond acceptors (Lipinski definition) is 2. The molecule has 1 aliphatic carbocycles. The van der Waals surface area contributed by atoms with Crippen molar-refractivity contribution in [2.75, 3.05) is 0 Å². The van der Waals surface area contributed by atoms with E-state index in [1.54, 1.807) is 0 Å². The molecule has 1 fully saturated rings. The molecule has 0 N–H and O–H groups in total. The molecule has 0 spiro atoms. The molecule has 0 heterocycles. The summed E-state index contributed by atoms with van der Waals surface area (Å²) in [6.07, 6.45) is 10.0. The van der Waals surface area contributed by atoms with Crippen LogP contribution in [-0.2, 0) is 34.1 Å². The van der Waals surface area contributed by atoms with E-state index in [1.165, 1.54) is 11.1 Å². The topological polar surface area (TPSA) is 24.7 Å². The zero-order valence-corrected chi connectivity index (χ0v) is 21.8. The third-order valence-corrected chi connectivity index (χ3v) is 5.06. The van der Waals surface area contributed by atoms with E-state index in [2.05, 4.69) is 77.0 Å². The Labute approximate surface area is 236 Å². The molecule has 5 aromatic carbocycles. The van der Waals surface area contributed by atoms with Crippen molar-refractivity contribution in [2.24, 2.45) is 10.2 Å². The van der Waals surface area contributed by atoms with Gasteiger partial charge in [0.25, 0.3) is 0 Å². The molecule has 6 rings (SSSR count). The summed E-state index contributed by atoms with van der Waals surface area (Å²) in [4.78, 5) is 0. The SMILES string of the molecule is [CH]1[CH][CH][CH-][CH]1.[Fe+2].[Fe+2].c1cc[cH-]c1.c1ccc(N=Nc2cc(-c3ccc[cH-]3)cc(-[c-]3cccc3)c2)cc1. The number of azo groups is 1. The second kappa shape index (κ2) is 16.7. The minimum atomic E-state index is 0. The third-order valence-electron chi connectivity index (χ3n) is 5.06. The number of benzene rings is 2. The average Bonchev–Trinajstić information content (AvgIpc) is 3.72. The van der Waals surface area contributed by atoms with Crippen molar-refractivity contribution in [1.82, 2.24) is 0 Å². The van der Waals surface area contributed by atoms with E-state index in [4.69, 9.17) is 0 Å². The van der Waals surface area contributed by atoms with Crippen molar-refractivity contribution >= 4 is 11.4 Å². The molecule has 0 amide bonds. The fraction of sp³-hybridized carbons (Fsp3) is 0. The molecule has 1 saturated carbocycles. The predicted molar refractivity (Wildman–Crippen MR) is 143 cm³/mol. The Morgan fingerprint density at radius 3 is 1.86 bits per heavy atom. The summed E-state index contributed by atoms with van der Waals surface area (Å²) in [6, 6.07) is 42.8. The Bertz CT molecular complexity index is 1130. The molecule has 4 heteroatoms. The number of nitrogens with zero attached hydrogens (tertiary/aromatic N) is 2. The Balaban J connectivity index is 0.000000317. The summed E-state index contributed by atoms with van der Waals surface area (Å²) in [5, 5.41) is 8.79. The molecule has 36 heavy (non-hydrogen) atoms. The number of rotatable bonds is 4. The van der Waals surface area contributed by atoms with Crippen molar-refractivity contribution in [2.45, 2.75) is 0 Å². The van der Waals surface area contributed by atoms with Crippen LogP contribution < -0.4 is 0 Å². The van der Waals surface area contributed by atoms with Gasteiger partial charge in [-0.15, -0.1) is 29.3 Å². The van der Waals surface area contributed by atoms with Crippen LogP contribution in [0, 0.1) is 32.1 Å². The predicted octanol–water partition coefficient (Wildman–Crippen LogP) is 9.30. The molecule has 0 bridgehead atoms. The van der Waals surface area contributed by atoms with E-state index in [0.717, 1.165) is 22.5 Å². The van der Waals surface area contributed by atoms with Gasteiger partial charge in [-0.25, -0.2) is 12.1 Å². The monoisotopic (exact) mass is 550 g/mol. The van der Waals surface area contributed by atoms with Gasteiger partial charge in [0, 0.05) is 5.69 Å². The van der Waals surface area contributed by atoms with Crippen LogP contribution in [0.3, 0.4) is 0 Å². The Hall–Kier alpha value is -2.87. The van der Waals surface area contributed by atoms with Gasteiger partial charge in [-0.2, -0.15) is 83.2 Å². The minimum absolute atomic E-state index is 0. The Morgan fingerprint density at radius 2 is 1.31 bits per heavy atom. The molecule has 180 valence electrons. The van der Waals surface area contributed by atoms with Crippen LogP contribution in [0.1, 0.15) is 0 Å². The molecule has 0 aliphatic heterocycles. The van der Waals surface area contributed by atoms with Crippen LogP contribution in [-0.4, -0.2) is 0 Å². The summed E-state index contributed by atoms with van der Waals surface area (Å²) >= 11 is 0. The maximum absolute atomic E-state index is 4.44. The zero-order chi connectivity index (χ0) is 23.3. The Kier molecular flexibility index (Phi) is 13.7. The van der Waals surface area contributed by atoms with E-state index in [0.29, 0.717) is 0 Å². The molecule has 4 radical (unpaired) electrons. The second-order valence-corrected chi connectivity index (χ2v) is 7.58. The molecule has 0 unspecified atom stereocenters. The van der Waals surface area contributed by atoms with Crippen LogP contribution in [0.25, 0.3) is 22.3 Å². The van der Waals surface area contributed by atoms with Crippen molar-refractivity contribution in [1.29, 1.82) is 0 Å². The summed E-state index contributed by atoms with van der Waals surface area (Å²) in [7, 11) is 0. The normalized spacial score (nSPS) is 11.9. The van der Waals surface area contributed by atoms with Crippen LogP contribution >= 0.6 is 0 Å². The van der Waals surface area contributed by atoms with Gasteiger partial charge in [-0.3, -0.25) is 0 Å². The van der Waals surface area contributed by atoms with Gasteiger partial charge in [-0.1, -0.05) is 48.7 Å². The van der Waals surface area contributed by atoms with Crippen LogP contribution in [0.4, 0.5) is 11.4 Å². The molecular formula is C32H26Fe2N2. The molecular weight excluding hydrogens is 524 g/mol. The fourth-order valence-electron chi connectivity index (χ4n) is 3.39. The molecule has 0 saturated heterocycles. The maximum Gasteiger partial charge on any atom is 2.00 e. The van der Waals surface area contributed by atoms with Gasteiger partial charge in [0.15, 0.2) is 0 Å². The summed E-state index contributed by atoms with van der Waals surface area (Å²) in [5.74, 6) is 0. The summed E-state index contributed by atoms with van der Waals surface area (Å²) in [6.45, 7) is 0. The molecule has 0 aromatic heterocycles. The fourth-order valence-corrected chi connectivity index (χ4v) is 3.39. The first kappa shape index (κ1) is 29.4. The van der Waals surface area contributed by atoms with Crippen LogP contribution in [0.15, 0.2) is 138 Å². The van der Waals surface area contributed by atoms with Gasteiger partial charge in [-0.05, 0) is 12.1 Å². The largest absolute Gasteiger partial charge is 2.00 e. The first-order valence-electron chi connectivity index (χ1n) is 11.3. The smallest absolute Gasteiger partial charge is 0.326 e. The molecule has 5 aromatic rings. The molecule has 0 atom stereocenters. The minimum Gasteiger partial charge on any atom is -0.326 e. The van der Waals surface area contributed by atoms with E-state index < -0.39 is 0 Å². The standard InChI is InChI=1S/C22H16N2.2C5H5.2Fe/c1-2-12-21(13-3-1)23-24-22-15-19(17-8-4-5-9-17)14-20(16-22)18-10-6-7-11-18;2*1-2-4-5-3-1;;/h1-16H;2*1-5H;;/q-2;2*-1;2*+2. The van der Waals surface area contributed by atoms with Gasteiger partial charge >= 0.3 is 34.1 Å². The first-order chi connectivity index (χ1) is 16.9. The van der Waals surface area contributed by atoms with Gasteiger partial charge in [0.1, 0.15) is 0 Å². The third kappa shape index (κ3) is 9.64. The summed E-state index contributed by atoms with van der Waals surface area (Å²) in [5.41, 5.74) is 6.40. The van der Waals surface area contributed by atoms with Crippen molar-refractivity contribution < 1.29 is 34.1 Å². The number of hydrogen-bond donors (Lipinski definition) is 0. The van der Waals surface area contributed by atoms with Crippen molar-refractivity contribution in [3.63, 3.8) is 0 Å². The van der Waals surface area contributed by atoms with Crippen molar-refractivity contribution in [3.8, 4) is 22.3 Å². The van der Waals surface area contributed by atoms with E-state index in [1.807, 2.05) is 92.8 Å². The molecule has 1 aliphatic rings. The first-order valence-corrected chi connectivity index (χ1v) is 11.3. The summed E-state index contributed by atoms with van der Waals surface area (Å²) < 4.78 is 0. The maximum atomic E-state index is 4.44. The van der Waals surface area contributed by atoms with Gasteiger partial charge < -0.3 is 6.42 Å². The zero-order valence-electron chi connectivity index (χ0n) is 19.6. The van der Waals surface area contributed by atoms with Gasteiger partial charge in [0.05, 0.1) is 5.69 Å². The molecule has 2 nitrogen and oxygen atoms in total. The van der Waals surface area contributed by atoms with E-state index >= 15 is 0 Å². The second-order valence-electron chi connectivity index (χ2n) is 7.58. The van der Waals surface area contributed by atoms with E-state index in [9.17, 15) is 0 Å². The Morgan fingerprint density at radius 1 is 0.611 bits per heavy atom. The van der Waals surface area contributed by atoms with Gasteiger partial charge in [0.2, 0.25) is 0 Å². The quantitative estimate of drug-likeness (QED) is 0.121.